The SMILES string of the molecule is CC(C)C(NC(=O)c1cc(=O)[nH]c(N2CC[C@H](F)C2)n1)c1ccc(SC(F)(F)F)c(F)c1. The smallest absolute Gasteiger partial charge is 0.344 e. The number of halogens is 5. The van der Waals surface area contributed by atoms with Gasteiger partial charge in [-0.3, -0.25) is 14.6 Å². The quantitative estimate of drug-likeness (QED) is 0.483. The van der Waals surface area contributed by atoms with E-state index < -0.39 is 51.7 Å². The average Bonchev–Trinajstić information content (AvgIpc) is 3.12. The molecule has 6 nitrogen and oxygen atoms in total. The van der Waals surface area contributed by atoms with Crippen molar-refractivity contribution in [2.45, 2.75) is 42.9 Å². The Bertz CT molecular complexity index is 1040. The van der Waals surface area contributed by atoms with Gasteiger partial charge in [-0.05, 0) is 41.8 Å². The number of hydrogen-bond donors (Lipinski definition) is 2. The van der Waals surface area contributed by atoms with Gasteiger partial charge in [0.2, 0.25) is 5.95 Å². The molecule has 0 saturated carbocycles. The molecule has 1 aliphatic rings. The topological polar surface area (TPSA) is 78.1 Å². The van der Waals surface area contributed by atoms with Crippen LogP contribution in [0.2, 0.25) is 0 Å². The molecule has 1 fully saturated rings. The highest BCUT2D eigenvalue weighted by molar-refractivity contribution is 8.00. The first-order valence-corrected chi connectivity index (χ1v) is 10.6. The Morgan fingerprint density at radius 2 is 2.03 bits per heavy atom. The summed E-state index contributed by atoms with van der Waals surface area (Å²) in [4.78, 5) is 32.3. The van der Waals surface area contributed by atoms with Crippen LogP contribution in [0, 0.1) is 11.7 Å². The van der Waals surface area contributed by atoms with Crippen LogP contribution < -0.4 is 15.8 Å². The van der Waals surface area contributed by atoms with Gasteiger partial charge in [0, 0.05) is 12.6 Å². The number of benzene rings is 1. The first-order valence-electron chi connectivity index (χ1n) is 9.79. The third kappa shape index (κ3) is 5.99. The average molecular weight is 476 g/mol. The fraction of sp³-hybridized carbons (Fsp3) is 0.450. The van der Waals surface area contributed by atoms with E-state index in [1.54, 1.807) is 13.8 Å². The molecule has 3 rings (SSSR count). The molecule has 1 aromatic heterocycles. The summed E-state index contributed by atoms with van der Waals surface area (Å²) in [5, 5.41) is 2.66. The largest absolute Gasteiger partial charge is 0.446 e. The summed E-state index contributed by atoms with van der Waals surface area (Å²) >= 11 is -0.560. The number of alkyl halides is 4. The van der Waals surface area contributed by atoms with Crippen LogP contribution >= 0.6 is 11.8 Å². The van der Waals surface area contributed by atoms with Crippen molar-refractivity contribution in [1.82, 2.24) is 15.3 Å². The van der Waals surface area contributed by atoms with Gasteiger partial charge in [0.05, 0.1) is 17.5 Å². The van der Waals surface area contributed by atoms with Crippen molar-refractivity contribution in [1.29, 1.82) is 0 Å². The van der Waals surface area contributed by atoms with Crippen molar-refractivity contribution in [3.8, 4) is 0 Å². The Balaban J connectivity index is 1.82. The Kier molecular flexibility index (Phi) is 7.11. The molecule has 2 heterocycles. The van der Waals surface area contributed by atoms with E-state index in [2.05, 4.69) is 15.3 Å². The van der Waals surface area contributed by atoms with E-state index in [1.807, 2.05) is 0 Å². The van der Waals surface area contributed by atoms with Crippen LogP contribution in [0.3, 0.4) is 0 Å². The molecule has 2 aromatic rings. The molecule has 1 unspecified atom stereocenters. The number of amides is 1. The van der Waals surface area contributed by atoms with Crippen molar-refractivity contribution in [2.24, 2.45) is 5.92 Å². The third-order valence-corrected chi connectivity index (χ3v) is 5.67. The summed E-state index contributed by atoms with van der Waals surface area (Å²) in [6.07, 6.45) is -0.777. The first kappa shape index (κ1) is 24.0. The molecule has 1 aliphatic heterocycles. The van der Waals surface area contributed by atoms with Gasteiger partial charge in [-0.2, -0.15) is 13.2 Å². The van der Waals surface area contributed by atoms with E-state index >= 15 is 0 Å². The normalized spacial score (nSPS) is 17.6. The molecule has 2 N–H and O–H groups in total. The highest BCUT2D eigenvalue weighted by Crippen LogP contribution is 2.39. The Morgan fingerprint density at radius 1 is 1.31 bits per heavy atom. The molecule has 174 valence electrons. The number of aromatic nitrogens is 2. The zero-order valence-electron chi connectivity index (χ0n) is 17.2. The Labute approximate surface area is 184 Å². The lowest BCUT2D eigenvalue weighted by atomic mass is 9.95. The molecule has 0 spiro atoms. The van der Waals surface area contributed by atoms with Crippen LogP contribution in [-0.2, 0) is 0 Å². The monoisotopic (exact) mass is 476 g/mol. The number of carbonyl (C=O) groups is 1. The standard InChI is InChI=1S/C20H21F5N4O2S/c1-10(2)17(11-3-4-15(13(22)7-11)32-20(23,24)25)28-18(31)14-8-16(30)27-19(26-14)29-6-5-12(21)9-29/h3-4,7-8,10,12,17H,5-6,9H2,1-2H3,(H,28,31)(H,26,27,30)/t12-,17?/m0/s1. The van der Waals surface area contributed by atoms with Crippen LogP contribution in [-0.4, -0.2) is 40.6 Å². The number of hydrogen-bond acceptors (Lipinski definition) is 5. The van der Waals surface area contributed by atoms with Crippen molar-refractivity contribution in [3.05, 3.63) is 51.7 Å². The maximum Gasteiger partial charge on any atom is 0.446 e. The lowest BCUT2D eigenvalue weighted by molar-refractivity contribution is -0.0329. The van der Waals surface area contributed by atoms with E-state index in [9.17, 15) is 31.5 Å². The molecule has 0 bridgehead atoms. The molecule has 0 aliphatic carbocycles. The van der Waals surface area contributed by atoms with E-state index in [1.165, 1.54) is 11.0 Å². The van der Waals surface area contributed by atoms with Gasteiger partial charge in [0.1, 0.15) is 17.7 Å². The summed E-state index contributed by atoms with van der Waals surface area (Å²) in [5.74, 6) is -1.97. The molecule has 1 aromatic carbocycles. The summed E-state index contributed by atoms with van der Waals surface area (Å²) in [7, 11) is 0. The van der Waals surface area contributed by atoms with Gasteiger partial charge in [0.25, 0.3) is 11.5 Å². The number of aromatic amines is 1. The molecule has 0 radical (unpaired) electrons. The fourth-order valence-electron chi connectivity index (χ4n) is 3.39. The van der Waals surface area contributed by atoms with E-state index in [-0.39, 0.29) is 36.1 Å². The van der Waals surface area contributed by atoms with Crippen LogP contribution in [0.15, 0.2) is 34.0 Å². The zero-order chi connectivity index (χ0) is 23.6. The predicted octanol–water partition coefficient (Wildman–Crippen LogP) is 4.20. The van der Waals surface area contributed by atoms with E-state index in [0.29, 0.717) is 6.54 Å². The number of anilines is 1. The number of rotatable bonds is 6. The molecule has 1 saturated heterocycles. The van der Waals surface area contributed by atoms with Gasteiger partial charge < -0.3 is 10.2 Å². The summed E-state index contributed by atoms with van der Waals surface area (Å²) in [5.41, 5.74) is -5.17. The lowest BCUT2D eigenvalue weighted by Gasteiger charge is -2.23. The number of H-pyrrole nitrogens is 1. The van der Waals surface area contributed by atoms with Gasteiger partial charge in [-0.15, -0.1) is 0 Å². The molecule has 12 heteroatoms. The maximum absolute atomic E-state index is 14.2. The Hall–Kier alpha value is -2.63. The predicted molar refractivity (Wildman–Crippen MR) is 110 cm³/mol. The second-order valence-electron chi connectivity index (χ2n) is 7.72. The van der Waals surface area contributed by atoms with Crippen molar-refractivity contribution in [3.63, 3.8) is 0 Å². The van der Waals surface area contributed by atoms with Gasteiger partial charge in [0.15, 0.2) is 0 Å². The van der Waals surface area contributed by atoms with Gasteiger partial charge in [-0.1, -0.05) is 19.9 Å². The fourth-order valence-corrected chi connectivity index (χ4v) is 3.93. The number of nitrogens with zero attached hydrogens (tertiary/aromatic N) is 2. The lowest BCUT2D eigenvalue weighted by Crippen LogP contribution is -2.34. The highest BCUT2D eigenvalue weighted by Gasteiger charge is 2.31. The minimum absolute atomic E-state index is 0.0458. The molecule has 32 heavy (non-hydrogen) atoms. The van der Waals surface area contributed by atoms with Gasteiger partial charge in [-0.25, -0.2) is 13.8 Å². The third-order valence-electron chi connectivity index (χ3n) is 4.89. The highest BCUT2D eigenvalue weighted by atomic mass is 32.2. The van der Waals surface area contributed by atoms with Crippen LogP contribution in [0.1, 0.15) is 42.4 Å². The van der Waals surface area contributed by atoms with Gasteiger partial charge >= 0.3 is 5.51 Å². The summed E-state index contributed by atoms with van der Waals surface area (Å²) in [6.45, 7) is 3.86. The van der Waals surface area contributed by atoms with E-state index in [0.717, 1.165) is 18.2 Å². The molecule has 1 amide bonds. The molecular weight excluding hydrogens is 455 g/mol. The zero-order valence-corrected chi connectivity index (χ0v) is 18.0. The summed E-state index contributed by atoms with van der Waals surface area (Å²) in [6, 6.07) is 3.50. The summed E-state index contributed by atoms with van der Waals surface area (Å²) < 4.78 is 65.4. The minimum Gasteiger partial charge on any atom is -0.344 e. The number of thioether (sulfide) groups is 1. The minimum atomic E-state index is -4.63. The maximum atomic E-state index is 14.2. The number of carbonyl (C=O) groups excluding carboxylic acids is 1. The van der Waals surface area contributed by atoms with Crippen LogP contribution in [0.4, 0.5) is 27.9 Å². The first-order chi connectivity index (χ1) is 14.9. The molecular formula is C20H21F5N4O2S. The van der Waals surface area contributed by atoms with E-state index in [4.69, 9.17) is 0 Å². The number of nitrogens with one attached hydrogen (secondary N) is 2. The van der Waals surface area contributed by atoms with Crippen molar-refractivity contribution in [2.75, 3.05) is 18.0 Å². The second-order valence-corrected chi connectivity index (χ2v) is 8.83. The van der Waals surface area contributed by atoms with Crippen LogP contribution in [0.5, 0.6) is 0 Å². The second kappa shape index (κ2) is 9.47. The van der Waals surface area contributed by atoms with Crippen molar-refractivity contribution >= 4 is 23.6 Å². The van der Waals surface area contributed by atoms with Crippen LogP contribution in [0.25, 0.3) is 0 Å². The Morgan fingerprint density at radius 3 is 2.59 bits per heavy atom. The van der Waals surface area contributed by atoms with Crippen molar-refractivity contribution < 1.29 is 26.7 Å². The molecule has 2 atom stereocenters.